The first kappa shape index (κ1) is 18.7. The highest BCUT2D eigenvalue weighted by molar-refractivity contribution is 8.00. The number of hydrogen-bond donors (Lipinski definition) is 1. The van der Waals surface area contributed by atoms with Gasteiger partial charge >= 0.3 is 0 Å². The van der Waals surface area contributed by atoms with Crippen molar-refractivity contribution in [2.24, 2.45) is 0 Å². The number of anilines is 1. The molecular formula is C21H22N2O4S. The number of carbonyl (C=O) groups excluding carboxylic acids is 2. The molecule has 1 unspecified atom stereocenters. The third kappa shape index (κ3) is 3.42. The molecule has 146 valence electrons. The maximum absolute atomic E-state index is 13.3. The number of likely N-dealkylation sites (tertiary alicyclic amines) is 1. The number of ether oxygens (including phenoxy) is 2. The Morgan fingerprint density at radius 1 is 1.18 bits per heavy atom. The molecule has 4 rings (SSSR count). The summed E-state index contributed by atoms with van der Waals surface area (Å²) < 4.78 is 10.8. The first-order valence-corrected chi connectivity index (χ1v) is 10.2. The summed E-state index contributed by atoms with van der Waals surface area (Å²) in [5.74, 6) is 1.78. The molecule has 0 spiro atoms. The SMILES string of the molecule is COc1ccc(C2CCCN2C(=O)c2ccc3c(c2)NC(=O)CS3)c(OC)c1. The minimum atomic E-state index is -0.0478. The van der Waals surface area contributed by atoms with Gasteiger partial charge in [0, 0.05) is 28.6 Å². The standard InChI is InChI=1S/C21H22N2O4S/c1-26-14-6-7-15(18(11-14)27-2)17-4-3-9-23(17)21(25)13-5-8-19-16(10-13)22-20(24)12-28-19/h5-8,10-11,17H,3-4,9,12H2,1-2H3,(H,22,24). The van der Waals surface area contributed by atoms with Crippen LogP contribution in [0.15, 0.2) is 41.3 Å². The topological polar surface area (TPSA) is 67.9 Å². The van der Waals surface area contributed by atoms with Crippen LogP contribution in [0.3, 0.4) is 0 Å². The average molecular weight is 398 g/mol. The molecule has 1 N–H and O–H groups in total. The van der Waals surface area contributed by atoms with Crippen LogP contribution in [0.25, 0.3) is 0 Å². The lowest BCUT2D eigenvalue weighted by Crippen LogP contribution is -2.31. The fraction of sp³-hybridized carbons (Fsp3) is 0.333. The second-order valence-electron chi connectivity index (χ2n) is 6.81. The van der Waals surface area contributed by atoms with Gasteiger partial charge in [0.05, 0.1) is 31.7 Å². The maximum atomic E-state index is 13.3. The number of methoxy groups -OCH3 is 2. The van der Waals surface area contributed by atoms with Crippen molar-refractivity contribution in [3.63, 3.8) is 0 Å². The van der Waals surface area contributed by atoms with Crippen LogP contribution in [-0.2, 0) is 4.79 Å². The van der Waals surface area contributed by atoms with Gasteiger partial charge in [-0.2, -0.15) is 0 Å². The van der Waals surface area contributed by atoms with Crippen LogP contribution >= 0.6 is 11.8 Å². The summed E-state index contributed by atoms with van der Waals surface area (Å²) in [7, 11) is 3.25. The zero-order valence-electron chi connectivity index (χ0n) is 15.9. The first-order valence-electron chi connectivity index (χ1n) is 9.20. The minimum absolute atomic E-state index is 0.0343. The molecule has 2 amide bonds. The molecule has 2 aromatic rings. The van der Waals surface area contributed by atoms with Gasteiger partial charge in [-0.1, -0.05) is 0 Å². The summed E-state index contributed by atoms with van der Waals surface area (Å²) in [6.45, 7) is 0.691. The molecule has 1 fully saturated rings. The molecule has 2 heterocycles. The fourth-order valence-corrected chi connectivity index (χ4v) is 4.60. The number of rotatable bonds is 4. The number of amides is 2. The summed E-state index contributed by atoms with van der Waals surface area (Å²) in [4.78, 5) is 27.8. The molecule has 0 aliphatic carbocycles. The van der Waals surface area contributed by atoms with Crippen molar-refractivity contribution in [3.05, 3.63) is 47.5 Å². The molecule has 28 heavy (non-hydrogen) atoms. The largest absolute Gasteiger partial charge is 0.497 e. The number of nitrogens with one attached hydrogen (secondary N) is 1. The Kier molecular flexibility index (Phi) is 5.17. The van der Waals surface area contributed by atoms with Crippen molar-refractivity contribution >= 4 is 29.3 Å². The lowest BCUT2D eigenvalue weighted by atomic mass is 10.0. The van der Waals surface area contributed by atoms with Crippen LogP contribution < -0.4 is 14.8 Å². The van der Waals surface area contributed by atoms with Crippen LogP contribution in [0.2, 0.25) is 0 Å². The van der Waals surface area contributed by atoms with Crippen molar-refractivity contribution < 1.29 is 19.1 Å². The molecule has 2 aliphatic rings. The van der Waals surface area contributed by atoms with E-state index in [0.717, 1.165) is 34.8 Å². The third-order valence-corrected chi connectivity index (χ3v) is 6.25. The van der Waals surface area contributed by atoms with Crippen molar-refractivity contribution in [2.45, 2.75) is 23.8 Å². The molecule has 0 radical (unpaired) electrons. The van der Waals surface area contributed by atoms with Gasteiger partial charge in [-0.05, 0) is 43.2 Å². The highest BCUT2D eigenvalue weighted by Gasteiger charge is 2.33. The molecule has 0 saturated carbocycles. The predicted octanol–water partition coefficient (Wildman–Crippen LogP) is 3.73. The Morgan fingerprint density at radius 2 is 2.04 bits per heavy atom. The van der Waals surface area contributed by atoms with E-state index in [4.69, 9.17) is 9.47 Å². The molecule has 2 aliphatic heterocycles. The molecule has 1 atom stereocenters. The third-order valence-electron chi connectivity index (χ3n) is 5.17. The van der Waals surface area contributed by atoms with Crippen LogP contribution in [0.4, 0.5) is 5.69 Å². The molecule has 6 nitrogen and oxygen atoms in total. The maximum Gasteiger partial charge on any atom is 0.254 e. The quantitative estimate of drug-likeness (QED) is 0.850. The predicted molar refractivity (Wildman–Crippen MR) is 108 cm³/mol. The Balaban J connectivity index is 1.63. The summed E-state index contributed by atoms with van der Waals surface area (Å²) in [5, 5.41) is 2.86. The number of nitrogens with zero attached hydrogens (tertiary/aromatic N) is 1. The number of fused-ring (bicyclic) bond motifs is 1. The van der Waals surface area contributed by atoms with E-state index in [1.165, 1.54) is 11.8 Å². The van der Waals surface area contributed by atoms with Crippen LogP contribution in [-0.4, -0.2) is 43.2 Å². The molecule has 1 saturated heterocycles. The van der Waals surface area contributed by atoms with E-state index in [0.29, 0.717) is 23.5 Å². The number of thioether (sulfide) groups is 1. The Labute approximate surface area is 168 Å². The van der Waals surface area contributed by atoms with Gasteiger partial charge in [-0.3, -0.25) is 9.59 Å². The van der Waals surface area contributed by atoms with Gasteiger partial charge < -0.3 is 19.7 Å². The van der Waals surface area contributed by atoms with Gasteiger partial charge in [0.25, 0.3) is 5.91 Å². The van der Waals surface area contributed by atoms with E-state index in [-0.39, 0.29) is 17.9 Å². The van der Waals surface area contributed by atoms with Crippen LogP contribution in [0.1, 0.15) is 34.8 Å². The molecule has 0 aromatic heterocycles. The Bertz CT molecular complexity index is 931. The smallest absolute Gasteiger partial charge is 0.254 e. The van der Waals surface area contributed by atoms with Crippen LogP contribution in [0.5, 0.6) is 11.5 Å². The van der Waals surface area contributed by atoms with Gasteiger partial charge in [0.2, 0.25) is 5.91 Å². The van der Waals surface area contributed by atoms with Gasteiger partial charge in [0.1, 0.15) is 11.5 Å². The zero-order valence-corrected chi connectivity index (χ0v) is 16.7. The lowest BCUT2D eigenvalue weighted by molar-refractivity contribution is -0.113. The van der Waals surface area contributed by atoms with Gasteiger partial charge in [-0.25, -0.2) is 0 Å². The van der Waals surface area contributed by atoms with E-state index < -0.39 is 0 Å². The van der Waals surface area contributed by atoms with Crippen molar-refractivity contribution in [2.75, 3.05) is 31.8 Å². The summed E-state index contributed by atoms with van der Waals surface area (Å²) in [5.41, 5.74) is 2.28. The van der Waals surface area contributed by atoms with E-state index in [9.17, 15) is 9.59 Å². The normalized spacial score (nSPS) is 18.4. The summed E-state index contributed by atoms with van der Waals surface area (Å²) in [6.07, 6.45) is 1.81. The molecule has 0 bridgehead atoms. The van der Waals surface area contributed by atoms with Crippen molar-refractivity contribution in [3.8, 4) is 11.5 Å². The minimum Gasteiger partial charge on any atom is -0.497 e. The summed E-state index contributed by atoms with van der Waals surface area (Å²) >= 11 is 1.49. The van der Waals surface area contributed by atoms with Crippen molar-refractivity contribution in [1.29, 1.82) is 0 Å². The number of benzene rings is 2. The first-order chi connectivity index (χ1) is 13.6. The lowest BCUT2D eigenvalue weighted by Gasteiger charge is -2.27. The highest BCUT2D eigenvalue weighted by Crippen LogP contribution is 2.40. The monoisotopic (exact) mass is 398 g/mol. The average Bonchev–Trinajstić information content (AvgIpc) is 3.21. The fourth-order valence-electron chi connectivity index (χ4n) is 3.81. The van der Waals surface area contributed by atoms with E-state index >= 15 is 0 Å². The highest BCUT2D eigenvalue weighted by atomic mass is 32.2. The van der Waals surface area contributed by atoms with Crippen molar-refractivity contribution in [1.82, 2.24) is 4.90 Å². The number of carbonyl (C=O) groups is 2. The van der Waals surface area contributed by atoms with E-state index in [1.54, 1.807) is 20.3 Å². The Morgan fingerprint density at radius 3 is 2.82 bits per heavy atom. The zero-order chi connectivity index (χ0) is 19.7. The second-order valence-corrected chi connectivity index (χ2v) is 7.83. The molecule has 7 heteroatoms. The van der Waals surface area contributed by atoms with Gasteiger partial charge in [0.15, 0.2) is 0 Å². The Hall–Kier alpha value is -2.67. The van der Waals surface area contributed by atoms with Gasteiger partial charge in [-0.15, -0.1) is 11.8 Å². The van der Waals surface area contributed by atoms with E-state index in [1.807, 2.05) is 35.2 Å². The summed E-state index contributed by atoms with van der Waals surface area (Å²) in [6, 6.07) is 11.2. The number of hydrogen-bond acceptors (Lipinski definition) is 5. The molecule has 2 aromatic carbocycles. The van der Waals surface area contributed by atoms with Crippen LogP contribution in [0, 0.1) is 0 Å². The second kappa shape index (κ2) is 7.75. The van der Waals surface area contributed by atoms with E-state index in [2.05, 4.69) is 5.32 Å². The molecular weight excluding hydrogens is 376 g/mol.